The number of nitrogens with zero attached hydrogens (tertiary/aromatic N) is 3. The summed E-state index contributed by atoms with van der Waals surface area (Å²) in [5.74, 6) is 0.508. The SMILES string of the molecule is O=[N+]([O-])c1nn(CC2(CS)CCC2)cc1Cl. The van der Waals surface area contributed by atoms with Crippen molar-refractivity contribution in [3.8, 4) is 0 Å². The summed E-state index contributed by atoms with van der Waals surface area (Å²) in [6.07, 6.45) is 4.91. The molecule has 0 atom stereocenters. The normalized spacial score (nSPS) is 18.1. The zero-order chi connectivity index (χ0) is 11.8. The zero-order valence-corrected chi connectivity index (χ0v) is 10.2. The smallest absolute Gasteiger partial charge is 0.358 e. The first-order valence-electron chi connectivity index (χ1n) is 5.04. The van der Waals surface area contributed by atoms with Crippen LogP contribution in [-0.4, -0.2) is 20.5 Å². The van der Waals surface area contributed by atoms with E-state index in [0.717, 1.165) is 18.6 Å². The van der Waals surface area contributed by atoms with Crippen molar-refractivity contribution in [2.75, 3.05) is 5.75 Å². The molecule has 0 spiro atoms. The fourth-order valence-electron chi connectivity index (χ4n) is 1.98. The Bertz CT molecular complexity index is 411. The van der Waals surface area contributed by atoms with Gasteiger partial charge in [0.05, 0.1) is 17.8 Å². The van der Waals surface area contributed by atoms with Crippen molar-refractivity contribution in [2.24, 2.45) is 5.41 Å². The van der Waals surface area contributed by atoms with Crippen molar-refractivity contribution in [1.82, 2.24) is 9.78 Å². The van der Waals surface area contributed by atoms with Crippen molar-refractivity contribution >= 4 is 30.0 Å². The van der Waals surface area contributed by atoms with Gasteiger partial charge in [-0.15, -0.1) is 0 Å². The molecule has 0 aliphatic heterocycles. The van der Waals surface area contributed by atoms with Gasteiger partial charge in [-0.2, -0.15) is 17.3 Å². The van der Waals surface area contributed by atoms with Crippen LogP contribution in [-0.2, 0) is 6.54 Å². The van der Waals surface area contributed by atoms with Crippen LogP contribution in [0.25, 0.3) is 0 Å². The Morgan fingerprint density at radius 2 is 2.38 bits per heavy atom. The maximum atomic E-state index is 10.6. The van der Waals surface area contributed by atoms with Gasteiger partial charge < -0.3 is 10.1 Å². The van der Waals surface area contributed by atoms with Gasteiger partial charge in [-0.25, -0.2) is 0 Å². The molecule has 1 fully saturated rings. The number of nitro groups is 1. The Morgan fingerprint density at radius 1 is 1.69 bits per heavy atom. The minimum atomic E-state index is -0.563. The average molecular weight is 262 g/mol. The van der Waals surface area contributed by atoms with Crippen LogP contribution in [0, 0.1) is 15.5 Å². The standard InChI is InChI=1S/C9H12ClN3O2S/c10-7-4-12(11-8(7)13(14)15)5-9(6-16)2-1-3-9/h4,16H,1-3,5-6H2. The van der Waals surface area contributed by atoms with Gasteiger partial charge >= 0.3 is 5.82 Å². The van der Waals surface area contributed by atoms with Crippen LogP contribution in [0.5, 0.6) is 0 Å². The molecule has 0 N–H and O–H groups in total. The third-order valence-electron chi connectivity index (χ3n) is 3.12. The lowest BCUT2D eigenvalue weighted by atomic mass is 9.70. The molecule has 0 aromatic carbocycles. The first-order chi connectivity index (χ1) is 7.56. The van der Waals surface area contributed by atoms with Gasteiger partial charge in [-0.1, -0.05) is 18.0 Å². The summed E-state index contributed by atoms with van der Waals surface area (Å²) in [5.41, 5.74) is 0.145. The summed E-state index contributed by atoms with van der Waals surface area (Å²) < 4.78 is 1.57. The summed E-state index contributed by atoms with van der Waals surface area (Å²) in [6, 6.07) is 0. The first-order valence-corrected chi connectivity index (χ1v) is 6.06. The van der Waals surface area contributed by atoms with E-state index in [1.165, 1.54) is 12.6 Å². The van der Waals surface area contributed by atoms with Crippen molar-refractivity contribution in [2.45, 2.75) is 25.8 Å². The van der Waals surface area contributed by atoms with Crippen LogP contribution < -0.4 is 0 Å². The molecule has 0 saturated heterocycles. The molecule has 16 heavy (non-hydrogen) atoms. The molecule has 2 rings (SSSR count). The van der Waals surface area contributed by atoms with Crippen molar-refractivity contribution < 1.29 is 4.92 Å². The van der Waals surface area contributed by atoms with Gasteiger partial charge in [-0.05, 0) is 23.5 Å². The van der Waals surface area contributed by atoms with Crippen LogP contribution in [0.4, 0.5) is 5.82 Å². The van der Waals surface area contributed by atoms with Gasteiger partial charge in [0.15, 0.2) is 5.02 Å². The van der Waals surface area contributed by atoms with E-state index >= 15 is 0 Å². The van der Waals surface area contributed by atoms with Crippen molar-refractivity contribution in [1.29, 1.82) is 0 Å². The second kappa shape index (κ2) is 4.25. The molecule has 0 amide bonds. The monoisotopic (exact) mass is 261 g/mol. The molecule has 1 heterocycles. The molecular weight excluding hydrogens is 250 g/mol. The van der Waals surface area contributed by atoms with Crippen LogP contribution in [0.1, 0.15) is 19.3 Å². The van der Waals surface area contributed by atoms with Crippen LogP contribution in [0.3, 0.4) is 0 Å². The third-order valence-corrected chi connectivity index (χ3v) is 4.06. The molecule has 1 aromatic rings. The summed E-state index contributed by atoms with van der Waals surface area (Å²) in [7, 11) is 0. The highest BCUT2D eigenvalue weighted by atomic mass is 35.5. The topological polar surface area (TPSA) is 61.0 Å². The average Bonchev–Trinajstić information content (AvgIpc) is 2.53. The highest BCUT2D eigenvalue weighted by molar-refractivity contribution is 7.80. The van der Waals surface area contributed by atoms with Crippen LogP contribution >= 0.6 is 24.2 Å². The summed E-state index contributed by atoms with van der Waals surface area (Å²) in [5, 5.41) is 14.6. The fourth-order valence-corrected chi connectivity index (χ4v) is 2.61. The predicted octanol–water partition coefficient (Wildman–Crippen LogP) is 2.54. The van der Waals surface area contributed by atoms with Gasteiger partial charge in [0, 0.05) is 5.41 Å². The van der Waals surface area contributed by atoms with E-state index < -0.39 is 4.92 Å². The molecule has 0 bridgehead atoms. The molecule has 88 valence electrons. The highest BCUT2D eigenvalue weighted by Crippen LogP contribution is 2.43. The summed E-state index contributed by atoms with van der Waals surface area (Å²) in [6.45, 7) is 0.657. The van der Waals surface area contributed by atoms with Crippen LogP contribution in [0.15, 0.2) is 6.20 Å². The van der Waals surface area contributed by atoms with Crippen molar-refractivity contribution in [3.63, 3.8) is 0 Å². The molecule has 1 aliphatic rings. The lowest BCUT2D eigenvalue weighted by Gasteiger charge is -2.39. The lowest BCUT2D eigenvalue weighted by molar-refractivity contribution is -0.389. The molecule has 1 aliphatic carbocycles. The van der Waals surface area contributed by atoms with Crippen molar-refractivity contribution in [3.05, 3.63) is 21.3 Å². The largest absolute Gasteiger partial charge is 0.408 e. The molecule has 1 saturated carbocycles. The molecule has 0 radical (unpaired) electrons. The number of halogens is 1. The second-order valence-corrected chi connectivity index (χ2v) is 4.99. The van der Waals surface area contributed by atoms with E-state index in [9.17, 15) is 10.1 Å². The lowest BCUT2D eigenvalue weighted by Crippen LogP contribution is -2.36. The molecule has 7 heteroatoms. The Balaban J connectivity index is 2.16. The summed E-state index contributed by atoms with van der Waals surface area (Å²) >= 11 is 10.1. The Labute approximate surface area is 103 Å². The van der Waals surface area contributed by atoms with Gasteiger partial charge in [0.1, 0.15) is 0 Å². The quantitative estimate of drug-likeness (QED) is 0.515. The molecule has 5 nitrogen and oxygen atoms in total. The number of hydrogen-bond donors (Lipinski definition) is 1. The second-order valence-electron chi connectivity index (χ2n) is 4.27. The number of rotatable bonds is 4. The number of thiol groups is 1. The van der Waals surface area contributed by atoms with E-state index in [2.05, 4.69) is 17.7 Å². The molecule has 1 aromatic heterocycles. The zero-order valence-electron chi connectivity index (χ0n) is 8.60. The highest BCUT2D eigenvalue weighted by Gasteiger charge is 2.37. The van der Waals surface area contributed by atoms with E-state index in [1.807, 2.05) is 0 Å². The summed E-state index contributed by atoms with van der Waals surface area (Å²) in [4.78, 5) is 10.0. The van der Waals surface area contributed by atoms with Gasteiger partial charge in [-0.3, -0.25) is 0 Å². The fraction of sp³-hybridized carbons (Fsp3) is 0.667. The number of hydrogen-bond acceptors (Lipinski definition) is 4. The maximum Gasteiger partial charge on any atom is 0.408 e. The third kappa shape index (κ3) is 2.04. The Morgan fingerprint density at radius 3 is 2.75 bits per heavy atom. The van der Waals surface area contributed by atoms with E-state index in [0.29, 0.717) is 6.54 Å². The van der Waals surface area contributed by atoms with Gasteiger partial charge in [0.2, 0.25) is 0 Å². The Kier molecular flexibility index (Phi) is 3.12. The van der Waals surface area contributed by atoms with Gasteiger partial charge in [0.25, 0.3) is 0 Å². The minimum Gasteiger partial charge on any atom is -0.358 e. The molecule has 0 unspecified atom stereocenters. The molecular formula is C9H12ClN3O2S. The van der Waals surface area contributed by atoms with E-state index in [4.69, 9.17) is 11.6 Å². The van der Waals surface area contributed by atoms with Crippen LogP contribution in [0.2, 0.25) is 5.02 Å². The first kappa shape index (κ1) is 11.7. The maximum absolute atomic E-state index is 10.6. The number of aromatic nitrogens is 2. The predicted molar refractivity (Wildman–Crippen MR) is 64.0 cm³/mol. The van der Waals surface area contributed by atoms with E-state index in [-0.39, 0.29) is 16.3 Å². The Hall–Kier alpha value is -0.750. The minimum absolute atomic E-state index is 0.0960. The van der Waals surface area contributed by atoms with E-state index in [1.54, 1.807) is 4.68 Å².